The third-order valence-electron chi connectivity index (χ3n) is 3.83. The largest absolute Gasteiger partial charge is 0.489 e. The van der Waals surface area contributed by atoms with Gasteiger partial charge < -0.3 is 10.1 Å². The highest BCUT2D eigenvalue weighted by molar-refractivity contribution is 6.31. The summed E-state index contributed by atoms with van der Waals surface area (Å²) in [5.74, 6) is 0.930. The lowest BCUT2D eigenvalue weighted by Gasteiger charge is -2.26. The van der Waals surface area contributed by atoms with Gasteiger partial charge in [0.1, 0.15) is 11.9 Å². The van der Waals surface area contributed by atoms with E-state index in [1.807, 2.05) is 38.5 Å². The Morgan fingerprint density at radius 3 is 2.76 bits per heavy atom. The van der Waals surface area contributed by atoms with Crippen molar-refractivity contribution in [1.29, 1.82) is 0 Å². The Hall–Kier alpha value is -1.52. The van der Waals surface area contributed by atoms with Crippen LogP contribution in [0.4, 0.5) is 0 Å². The first-order valence-corrected chi connectivity index (χ1v) is 7.68. The fourth-order valence-electron chi connectivity index (χ4n) is 2.74. The Morgan fingerprint density at radius 2 is 2.10 bits per heavy atom. The lowest BCUT2D eigenvalue weighted by molar-refractivity contribution is 0.162. The maximum atomic E-state index is 6.30. The number of piperidine rings is 1. The molecular formula is C16H20ClN3O. The molecule has 4 nitrogen and oxygen atoms in total. The SMILES string of the molecule is Cc1cc(Cl)cc(-c2cnn(C)c2)c1OC1CCNCC1. The van der Waals surface area contributed by atoms with E-state index in [-0.39, 0.29) is 6.10 Å². The molecule has 1 aliphatic heterocycles. The molecule has 1 aromatic carbocycles. The van der Waals surface area contributed by atoms with Crippen LogP contribution in [0.2, 0.25) is 5.02 Å². The van der Waals surface area contributed by atoms with E-state index < -0.39 is 0 Å². The van der Waals surface area contributed by atoms with Gasteiger partial charge in [-0.25, -0.2) is 0 Å². The minimum absolute atomic E-state index is 0.265. The van der Waals surface area contributed by atoms with Gasteiger partial charge in [0.05, 0.1) is 6.20 Å². The summed E-state index contributed by atoms with van der Waals surface area (Å²) in [6.45, 7) is 4.07. The second-order valence-electron chi connectivity index (χ2n) is 5.57. The molecule has 0 unspecified atom stereocenters. The zero-order valence-electron chi connectivity index (χ0n) is 12.4. The van der Waals surface area contributed by atoms with Crippen LogP contribution in [0.5, 0.6) is 5.75 Å². The number of halogens is 1. The number of nitrogens with zero attached hydrogens (tertiary/aromatic N) is 2. The average Bonchev–Trinajstić information content (AvgIpc) is 2.89. The van der Waals surface area contributed by atoms with Crippen molar-refractivity contribution >= 4 is 11.6 Å². The fraction of sp³-hybridized carbons (Fsp3) is 0.438. The van der Waals surface area contributed by atoms with Crippen LogP contribution < -0.4 is 10.1 Å². The summed E-state index contributed by atoms with van der Waals surface area (Å²) in [5, 5.41) is 8.33. The van der Waals surface area contributed by atoms with Crippen molar-refractivity contribution in [1.82, 2.24) is 15.1 Å². The van der Waals surface area contributed by atoms with Crippen LogP contribution in [0, 0.1) is 6.92 Å². The van der Waals surface area contributed by atoms with E-state index in [9.17, 15) is 0 Å². The number of benzene rings is 1. The molecule has 1 aromatic heterocycles. The van der Waals surface area contributed by atoms with Gasteiger partial charge in [0.15, 0.2) is 0 Å². The molecule has 2 aromatic rings. The van der Waals surface area contributed by atoms with Crippen LogP contribution in [-0.4, -0.2) is 29.0 Å². The number of aryl methyl sites for hydroxylation is 2. The number of ether oxygens (including phenoxy) is 1. The fourth-order valence-corrected chi connectivity index (χ4v) is 3.01. The molecule has 1 N–H and O–H groups in total. The van der Waals surface area contributed by atoms with Gasteiger partial charge >= 0.3 is 0 Å². The van der Waals surface area contributed by atoms with Crippen molar-refractivity contribution in [3.05, 3.63) is 35.1 Å². The molecule has 0 bridgehead atoms. The van der Waals surface area contributed by atoms with Crippen molar-refractivity contribution in [3.8, 4) is 16.9 Å². The normalized spacial score (nSPS) is 16.1. The second-order valence-corrected chi connectivity index (χ2v) is 6.01. The Morgan fingerprint density at radius 1 is 1.33 bits per heavy atom. The van der Waals surface area contributed by atoms with Crippen molar-refractivity contribution in [2.24, 2.45) is 7.05 Å². The van der Waals surface area contributed by atoms with E-state index in [4.69, 9.17) is 16.3 Å². The molecule has 0 spiro atoms. The van der Waals surface area contributed by atoms with Gasteiger partial charge in [0.2, 0.25) is 0 Å². The number of aromatic nitrogens is 2. The zero-order valence-corrected chi connectivity index (χ0v) is 13.2. The van der Waals surface area contributed by atoms with E-state index in [1.54, 1.807) is 4.68 Å². The van der Waals surface area contributed by atoms with Crippen molar-refractivity contribution in [2.75, 3.05) is 13.1 Å². The van der Waals surface area contributed by atoms with Crippen LogP contribution in [-0.2, 0) is 7.05 Å². The van der Waals surface area contributed by atoms with E-state index in [2.05, 4.69) is 10.4 Å². The quantitative estimate of drug-likeness (QED) is 0.946. The van der Waals surface area contributed by atoms with Gasteiger partial charge in [0.25, 0.3) is 0 Å². The summed E-state index contributed by atoms with van der Waals surface area (Å²) in [7, 11) is 1.91. The molecule has 112 valence electrons. The first-order valence-electron chi connectivity index (χ1n) is 7.30. The molecule has 0 saturated carbocycles. The number of nitrogens with one attached hydrogen (secondary N) is 1. The highest BCUT2D eigenvalue weighted by Crippen LogP contribution is 2.36. The number of hydrogen-bond acceptors (Lipinski definition) is 3. The monoisotopic (exact) mass is 305 g/mol. The predicted molar refractivity (Wildman–Crippen MR) is 84.9 cm³/mol. The molecule has 2 heterocycles. The molecule has 0 amide bonds. The van der Waals surface area contributed by atoms with Crippen LogP contribution in [0.1, 0.15) is 18.4 Å². The first kappa shape index (κ1) is 14.4. The van der Waals surface area contributed by atoms with E-state index in [1.165, 1.54) is 0 Å². The molecule has 0 aliphatic carbocycles. The molecule has 1 aliphatic rings. The molecule has 0 atom stereocenters. The number of rotatable bonds is 3. The number of hydrogen-bond donors (Lipinski definition) is 1. The molecular weight excluding hydrogens is 286 g/mol. The first-order chi connectivity index (χ1) is 10.1. The third-order valence-corrected chi connectivity index (χ3v) is 4.04. The molecule has 21 heavy (non-hydrogen) atoms. The summed E-state index contributed by atoms with van der Waals surface area (Å²) in [5.41, 5.74) is 3.12. The molecule has 5 heteroatoms. The smallest absolute Gasteiger partial charge is 0.130 e. The van der Waals surface area contributed by atoms with Crippen molar-refractivity contribution < 1.29 is 4.74 Å². The Kier molecular flexibility index (Phi) is 4.17. The van der Waals surface area contributed by atoms with Gasteiger partial charge in [-0.2, -0.15) is 5.10 Å². The topological polar surface area (TPSA) is 39.1 Å². The molecule has 1 fully saturated rings. The standard InChI is InChI=1S/C16H20ClN3O/c1-11-7-13(17)8-15(12-9-19-20(2)10-12)16(11)21-14-3-5-18-6-4-14/h7-10,14,18H,3-6H2,1-2H3. The maximum absolute atomic E-state index is 6.30. The lowest BCUT2D eigenvalue weighted by Crippen LogP contribution is -2.34. The minimum atomic E-state index is 0.265. The second kappa shape index (κ2) is 6.08. The van der Waals surface area contributed by atoms with Gasteiger partial charge in [-0.1, -0.05) is 11.6 Å². The molecule has 3 rings (SSSR count). The average molecular weight is 306 g/mol. The summed E-state index contributed by atoms with van der Waals surface area (Å²) < 4.78 is 8.09. The van der Waals surface area contributed by atoms with Crippen LogP contribution >= 0.6 is 11.6 Å². The minimum Gasteiger partial charge on any atom is -0.489 e. The predicted octanol–water partition coefficient (Wildman–Crippen LogP) is 3.18. The summed E-state index contributed by atoms with van der Waals surface area (Å²) in [6, 6.07) is 3.92. The van der Waals surface area contributed by atoms with Gasteiger partial charge in [-0.05, 0) is 50.6 Å². The summed E-state index contributed by atoms with van der Waals surface area (Å²) in [4.78, 5) is 0. The lowest BCUT2D eigenvalue weighted by atomic mass is 10.0. The highest BCUT2D eigenvalue weighted by atomic mass is 35.5. The summed E-state index contributed by atoms with van der Waals surface area (Å²) >= 11 is 6.23. The van der Waals surface area contributed by atoms with Crippen molar-refractivity contribution in [3.63, 3.8) is 0 Å². The molecule has 0 radical (unpaired) electrons. The van der Waals surface area contributed by atoms with Gasteiger partial charge in [-0.3, -0.25) is 4.68 Å². The van der Waals surface area contributed by atoms with E-state index >= 15 is 0 Å². The zero-order chi connectivity index (χ0) is 14.8. The van der Waals surface area contributed by atoms with E-state index in [0.717, 1.165) is 53.4 Å². The van der Waals surface area contributed by atoms with Crippen LogP contribution in [0.15, 0.2) is 24.5 Å². The Bertz CT molecular complexity index is 632. The van der Waals surface area contributed by atoms with E-state index in [0.29, 0.717) is 0 Å². The van der Waals surface area contributed by atoms with Crippen LogP contribution in [0.25, 0.3) is 11.1 Å². The highest BCUT2D eigenvalue weighted by Gasteiger charge is 2.19. The third kappa shape index (κ3) is 3.22. The maximum Gasteiger partial charge on any atom is 0.130 e. The van der Waals surface area contributed by atoms with Crippen LogP contribution in [0.3, 0.4) is 0 Å². The van der Waals surface area contributed by atoms with Gasteiger partial charge in [-0.15, -0.1) is 0 Å². The summed E-state index contributed by atoms with van der Waals surface area (Å²) in [6.07, 6.45) is 6.17. The Labute approximate surface area is 130 Å². The van der Waals surface area contributed by atoms with Gasteiger partial charge in [0, 0.05) is 29.4 Å². The molecule has 1 saturated heterocycles. The van der Waals surface area contributed by atoms with Crippen molar-refractivity contribution in [2.45, 2.75) is 25.9 Å². The Balaban J connectivity index is 1.97.